The highest BCUT2D eigenvalue weighted by atomic mass is 16.3. The van der Waals surface area contributed by atoms with Gasteiger partial charge in [-0.2, -0.15) is 0 Å². The summed E-state index contributed by atoms with van der Waals surface area (Å²) in [5.41, 5.74) is 6.32. The van der Waals surface area contributed by atoms with Crippen molar-refractivity contribution in [1.29, 1.82) is 0 Å². The van der Waals surface area contributed by atoms with Gasteiger partial charge < -0.3 is 4.42 Å². The van der Waals surface area contributed by atoms with Gasteiger partial charge in [0.15, 0.2) is 12.0 Å². The second-order valence-electron chi connectivity index (χ2n) is 5.03. The Morgan fingerprint density at radius 3 is 2.60 bits per heavy atom. The Morgan fingerprint density at radius 2 is 1.75 bits per heavy atom. The van der Waals surface area contributed by atoms with E-state index in [0.29, 0.717) is 5.76 Å². The highest BCUT2D eigenvalue weighted by Gasteiger charge is 2.18. The van der Waals surface area contributed by atoms with E-state index < -0.39 is 0 Å². The van der Waals surface area contributed by atoms with E-state index in [0.717, 1.165) is 24.0 Å². The zero-order valence-electron chi connectivity index (χ0n) is 10.8. The third-order valence-electron chi connectivity index (χ3n) is 3.82. The Balaban J connectivity index is 1.80. The van der Waals surface area contributed by atoms with E-state index in [2.05, 4.69) is 36.4 Å². The number of hydrogen-bond donors (Lipinski definition) is 0. The fraction of sp³-hybridized carbons (Fsp3) is 0.0556. The number of carbonyl (C=O) groups is 1. The van der Waals surface area contributed by atoms with Crippen LogP contribution in [0.3, 0.4) is 0 Å². The molecule has 1 aliphatic carbocycles. The molecule has 1 aliphatic rings. The van der Waals surface area contributed by atoms with Crippen molar-refractivity contribution in [3.63, 3.8) is 0 Å². The zero-order chi connectivity index (χ0) is 13.5. The van der Waals surface area contributed by atoms with Gasteiger partial charge in [0.2, 0.25) is 0 Å². The van der Waals surface area contributed by atoms with E-state index in [4.69, 9.17) is 4.42 Å². The summed E-state index contributed by atoms with van der Waals surface area (Å²) in [5.74, 6) is 1.11. The molecule has 0 atom stereocenters. The van der Waals surface area contributed by atoms with Crippen LogP contribution in [0.5, 0.6) is 0 Å². The van der Waals surface area contributed by atoms with E-state index >= 15 is 0 Å². The van der Waals surface area contributed by atoms with Gasteiger partial charge in [0.05, 0.1) is 0 Å². The van der Waals surface area contributed by atoms with Gasteiger partial charge in [0.1, 0.15) is 5.76 Å². The third kappa shape index (κ3) is 1.62. The maximum absolute atomic E-state index is 10.7. The number of fused-ring (bicyclic) bond motifs is 3. The lowest BCUT2D eigenvalue weighted by Crippen LogP contribution is -1.82. The van der Waals surface area contributed by atoms with Crippen molar-refractivity contribution in [2.24, 2.45) is 0 Å². The molecule has 0 aliphatic heterocycles. The predicted molar refractivity (Wildman–Crippen MR) is 77.8 cm³/mol. The Hall–Kier alpha value is -2.61. The maximum Gasteiger partial charge on any atom is 0.185 e. The van der Waals surface area contributed by atoms with Gasteiger partial charge >= 0.3 is 0 Å². The molecule has 4 rings (SSSR count). The van der Waals surface area contributed by atoms with Gasteiger partial charge in [-0.3, -0.25) is 4.79 Å². The van der Waals surface area contributed by atoms with Crippen molar-refractivity contribution in [1.82, 2.24) is 0 Å². The summed E-state index contributed by atoms with van der Waals surface area (Å²) in [6.07, 6.45) is 1.69. The molecule has 2 aromatic carbocycles. The maximum atomic E-state index is 10.7. The van der Waals surface area contributed by atoms with Crippen LogP contribution in [-0.2, 0) is 6.42 Å². The number of carbonyl (C=O) groups excluding carboxylic acids is 1. The number of hydrogen-bond acceptors (Lipinski definition) is 2. The SMILES string of the molecule is O=Cc1ccc(-c2ccc3c(c2)Cc2ccccc2-3)o1. The molecule has 0 saturated heterocycles. The van der Waals surface area contributed by atoms with Gasteiger partial charge in [-0.15, -0.1) is 0 Å². The van der Waals surface area contributed by atoms with Crippen LogP contribution >= 0.6 is 0 Å². The van der Waals surface area contributed by atoms with Gasteiger partial charge in [-0.25, -0.2) is 0 Å². The number of rotatable bonds is 2. The smallest absolute Gasteiger partial charge is 0.185 e. The van der Waals surface area contributed by atoms with Gasteiger partial charge in [0.25, 0.3) is 0 Å². The highest BCUT2D eigenvalue weighted by molar-refractivity contribution is 5.80. The van der Waals surface area contributed by atoms with Gasteiger partial charge in [-0.1, -0.05) is 36.4 Å². The van der Waals surface area contributed by atoms with Crippen molar-refractivity contribution in [2.75, 3.05) is 0 Å². The molecule has 0 amide bonds. The third-order valence-corrected chi connectivity index (χ3v) is 3.82. The van der Waals surface area contributed by atoms with Crippen LogP contribution < -0.4 is 0 Å². The van der Waals surface area contributed by atoms with E-state index in [9.17, 15) is 4.79 Å². The van der Waals surface area contributed by atoms with Crippen LogP contribution in [0.15, 0.2) is 59.0 Å². The molecule has 3 aromatic rings. The molecule has 2 nitrogen and oxygen atoms in total. The molecule has 20 heavy (non-hydrogen) atoms. The summed E-state index contributed by atoms with van der Waals surface area (Å²) in [4.78, 5) is 10.7. The van der Waals surface area contributed by atoms with E-state index in [-0.39, 0.29) is 0 Å². The first-order valence-corrected chi connectivity index (χ1v) is 6.62. The lowest BCUT2D eigenvalue weighted by Gasteiger charge is -2.03. The number of aldehydes is 1. The molecule has 0 fully saturated rings. The summed E-state index contributed by atoms with van der Waals surface area (Å²) >= 11 is 0. The minimum Gasteiger partial charge on any atom is -0.453 e. The summed E-state index contributed by atoms with van der Waals surface area (Å²) < 4.78 is 5.49. The molecular formula is C18H12O2. The number of furan rings is 1. The van der Waals surface area contributed by atoms with Crippen LogP contribution in [0, 0.1) is 0 Å². The standard InChI is InChI=1S/C18H12O2/c19-11-15-6-8-18(20-15)13-5-7-17-14(10-13)9-12-3-1-2-4-16(12)17/h1-8,10-11H,9H2. The Morgan fingerprint density at radius 1 is 0.900 bits per heavy atom. The van der Waals surface area contributed by atoms with Crippen LogP contribution in [0.2, 0.25) is 0 Å². The van der Waals surface area contributed by atoms with Crippen molar-refractivity contribution >= 4 is 6.29 Å². The Labute approximate surface area is 116 Å². The first-order chi connectivity index (χ1) is 9.85. The van der Waals surface area contributed by atoms with Crippen molar-refractivity contribution in [3.05, 3.63) is 71.5 Å². The summed E-state index contributed by atoms with van der Waals surface area (Å²) in [6, 6.07) is 18.4. The molecule has 96 valence electrons. The van der Waals surface area contributed by atoms with Crippen molar-refractivity contribution in [3.8, 4) is 22.5 Å². The second-order valence-corrected chi connectivity index (χ2v) is 5.03. The molecule has 1 aromatic heterocycles. The largest absolute Gasteiger partial charge is 0.453 e. The summed E-state index contributed by atoms with van der Waals surface area (Å²) in [7, 11) is 0. The summed E-state index contributed by atoms with van der Waals surface area (Å²) in [6.45, 7) is 0. The monoisotopic (exact) mass is 260 g/mol. The first-order valence-electron chi connectivity index (χ1n) is 6.62. The van der Waals surface area contributed by atoms with Crippen LogP contribution in [0.4, 0.5) is 0 Å². The average Bonchev–Trinajstić information content (AvgIpc) is 3.10. The van der Waals surface area contributed by atoms with Crippen molar-refractivity contribution < 1.29 is 9.21 Å². The topological polar surface area (TPSA) is 30.2 Å². The molecule has 0 saturated carbocycles. The molecule has 0 radical (unpaired) electrons. The minimum atomic E-state index is 0.365. The fourth-order valence-electron chi connectivity index (χ4n) is 2.87. The molecule has 0 unspecified atom stereocenters. The summed E-state index contributed by atoms with van der Waals surface area (Å²) in [5, 5.41) is 0. The second kappa shape index (κ2) is 4.20. The minimum absolute atomic E-state index is 0.365. The quantitative estimate of drug-likeness (QED) is 0.502. The molecule has 0 N–H and O–H groups in total. The fourth-order valence-corrected chi connectivity index (χ4v) is 2.87. The predicted octanol–water partition coefficient (Wildman–Crippen LogP) is 4.33. The molecular weight excluding hydrogens is 248 g/mol. The molecule has 1 heterocycles. The Bertz CT molecular complexity index is 812. The van der Waals surface area contributed by atoms with Gasteiger partial charge in [0, 0.05) is 5.56 Å². The lowest BCUT2D eigenvalue weighted by atomic mass is 10.0. The zero-order valence-corrected chi connectivity index (χ0v) is 10.8. The average molecular weight is 260 g/mol. The van der Waals surface area contributed by atoms with Crippen LogP contribution in [-0.4, -0.2) is 6.29 Å². The highest BCUT2D eigenvalue weighted by Crippen LogP contribution is 2.38. The first kappa shape index (κ1) is 11.2. The van der Waals surface area contributed by atoms with E-state index in [1.54, 1.807) is 6.07 Å². The van der Waals surface area contributed by atoms with E-state index in [1.807, 2.05) is 12.1 Å². The molecule has 0 spiro atoms. The van der Waals surface area contributed by atoms with Gasteiger partial charge in [-0.05, 0) is 46.9 Å². The van der Waals surface area contributed by atoms with E-state index in [1.165, 1.54) is 22.3 Å². The van der Waals surface area contributed by atoms with Crippen molar-refractivity contribution in [2.45, 2.75) is 6.42 Å². The van der Waals surface area contributed by atoms with Crippen LogP contribution in [0.25, 0.3) is 22.5 Å². The number of benzene rings is 2. The lowest BCUT2D eigenvalue weighted by molar-refractivity contribution is 0.110. The molecule has 2 heteroatoms. The molecule has 0 bridgehead atoms. The Kier molecular flexibility index (Phi) is 2.36. The van der Waals surface area contributed by atoms with Crippen LogP contribution in [0.1, 0.15) is 21.7 Å². The normalized spacial score (nSPS) is 12.0.